The third-order valence-corrected chi connectivity index (χ3v) is 6.48. The fourth-order valence-corrected chi connectivity index (χ4v) is 3.93. The summed E-state index contributed by atoms with van der Waals surface area (Å²) in [6, 6.07) is 1.77. The van der Waals surface area contributed by atoms with Gasteiger partial charge >= 0.3 is 5.97 Å². The Morgan fingerprint density at radius 1 is 0.923 bits per heavy atom. The average Bonchev–Trinajstić information content (AvgIpc) is 2.87. The lowest BCUT2D eigenvalue weighted by Crippen LogP contribution is -2.57. The molecular weight excluding hydrogens is 526 g/mol. The molecule has 0 aliphatic carbocycles. The van der Waals surface area contributed by atoms with Crippen molar-refractivity contribution >= 4 is 41.4 Å². The number of nitrogens with zero attached hydrogens (tertiary/aromatic N) is 1. The maximum absolute atomic E-state index is 13.2. The molecule has 0 radical (unpaired) electrons. The van der Waals surface area contributed by atoms with E-state index < -0.39 is 47.9 Å². The molecule has 0 heterocycles. The fourth-order valence-electron chi connectivity index (χ4n) is 3.46. The summed E-state index contributed by atoms with van der Waals surface area (Å²) in [5.74, 6) is -2.79. The van der Waals surface area contributed by atoms with Crippen molar-refractivity contribution < 1.29 is 29.4 Å². The smallest absolute Gasteiger partial charge is 0.326 e. The van der Waals surface area contributed by atoms with Gasteiger partial charge in [-0.2, -0.15) is 11.8 Å². The number of benzene rings is 1. The molecule has 1 rings (SSSR count). The summed E-state index contributed by atoms with van der Waals surface area (Å²) < 4.78 is 0. The lowest BCUT2D eigenvalue weighted by molar-refractivity contribution is -0.142. The van der Waals surface area contributed by atoms with Gasteiger partial charge in [0.25, 0.3) is 0 Å². The largest absolute Gasteiger partial charge is 0.508 e. The molecule has 1 aromatic rings. The molecule has 0 aliphatic rings. The van der Waals surface area contributed by atoms with Gasteiger partial charge in [0.2, 0.25) is 17.7 Å². The number of phenols is 1. The minimum Gasteiger partial charge on any atom is -0.508 e. The van der Waals surface area contributed by atoms with Crippen LogP contribution in [0.3, 0.4) is 0 Å². The van der Waals surface area contributed by atoms with E-state index in [0.29, 0.717) is 17.7 Å². The van der Waals surface area contributed by atoms with Crippen LogP contribution in [-0.4, -0.2) is 82.6 Å². The number of hydrogen-bond donors (Lipinski definition) is 8. The van der Waals surface area contributed by atoms with E-state index in [2.05, 4.69) is 20.9 Å². The van der Waals surface area contributed by atoms with Crippen LogP contribution in [0.1, 0.15) is 38.7 Å². The molecular formula is C25H41N7O6S. The van der Waals surface area contributed by atoms with Crippen LogP contribution in [0.5, 0.6) is 5.75 Å². The third kappa shape index (κ3) is 12.7. The van der Waals surface area contributed by atoms with E-state index in [1.165, 1.54) is 23.9 Å². The normalized spacial score (nSPS) is 14.0. The van der Waals surface area contributed by atoms with Gasteiger partial charge in [-0.25, -0.2) is 4.79 Å². The van der Waals surface area contributed by atoms with Crippen molar-refractivity contribution in [3.63, 3.8) is 0 Å². The number of guanidine groups is 1. The number of aliphatic imine (C=N–C) groups is 1. The fraction of sp³-hybridized carbons (Fsp3) is 0.560. The van der Waals surface area contributed by atoms with Gasteiger partial charge in [-0.15, -0.1) is 0 Å². The Morgan fingerprint density at radius 2 is 1.46 bits per heavy atom. The van der Waals surface area contributed by atoms with Gasteiger partial charge in [0.1, 0.15) is 23.9 Å². The Balaban J connectivity index is 3.03. The van der Waals surface area contributed by atoms with E-state index >= 15 is 0 Å². The van der Waals surface area contributed by atoms with Crippen LogP contribution < -0.4 is 33.2 Å². The summed E-state index contributed by atoms with van der Waals surface area (Å²) in [4.78, 5) is 54.7. The Labute approximate surface area is 232 Å². The molecule has 39 heavy (non-hydrogen) atoms. The number of carbonyl (C=O) groups excluding carboxylic acids is 3. The molecule has 4 unspecified atom stereocenters. The van der Waals surface area contributed by atoms with Crippen molar-refractivity contribution in [3.8, 4) is 5.75 Å². The minimum atomic E-state index is -1.27. The van der Waals surface area contributed by atoms with E-state index in [1.807, 2.05) is 6.26 Å². The lowest BCUT2D eigenvalue weighted by atomic mass is 10.0. The standard InChI is InChI=1S/C25H41N7O6S/c1-14(2)20(26)23(36)31-17(5-4-11-29-25(27)28)21(34)30-18(10-12-39-3)22(35)32-19(24(37)38)13-15-6-8-16(33)9-7-15/h6-9,14,17-20,33H,4-5,10-13,26H2,1-3H3,(H,30,34)(H,31,36)(H,32,35)(H,37,38)(H4,27,28,29). The zero-order chi connectivity index (χ0) is 29.5. The third-order valence-electron chi connectivity index (χ3n) is 5.83. The number of aromatic hydroxyl groups is 1. The van der Waals surface area contributed by atoms with Crippen LogP contribution in [0.15, 0.2) is 29.3 Å². The molecule has 3 amide bonds. The van der Waals surface area contributed by atoms with Gasteiger partial charge in [-0.1, -0.05) is 26.0 Å². The Morgan fingerprint density at radius 3 is 1.97 bits per heavy atom. The van der Waals surface area contributed by atoms with Crippen molar-refractivity contribution in [1.82, 2.24) is 16.0 Å². The monoisotopic (exact) mass is 567 g/mol. The number of carboxylic acids is 1. The molecule has 0 aliphatic heterocycles. The predicted octanol–water partition coefficient (Wildman–Crippen LogP) is -0.736. The van der Waals surface area contributed by atoms with Crippen LogP contribution in [0, 0.1) is 5.92 Å². The second-order valence-corrected chi connectivity index (χ2v) is 10.4. The molecule has 14 heteroatoms. The lowest BCUT2D eigenvalue weighted by Gasteiger charge is -2.25. The van der Waals surface area contributed by atoms with Crippen LogP contribution >= 0.6 is 11.8 Å². The summed E-state index contributed by atoms with van der Waals surface area (Å²) in [6.07, 6.45) is 2.57. The highest BCUT2D eigenvalue weighted by Gasteiger charge is 2.30. The van der Waals surface area contributed by atoms with E-state index in [4.69, 9.17) is 17.2 Å². The SMILES string of the molecule is CSCCC(NC(=O)C(CCCN=C(N)N)NC(=O)C(N)C(C)C)C(=O)NC(Cc1ccc(O)cc1)C(=O)O. The second-order valence-electron chi connectivity index (χ2n) is 9.39. The maximum atomic E-state index is 13.2. The number of hydrogen-bond acceptors (Lipinski definition) is 8. The summed E-state index contributed by atoms with van der Waals surface area (Å²) >= 11 is 1.45. The number of nitrogens with two attached hydrogens (primary N) is 3. The first-order valence-corrected chi connectivity index (χ1v) is 14.0. The topological polar surface area (TPSA) is 235 Å². The number of rotatable bonds is 17. The quantitative estimate of drug-likeness (QED) is 0.0667. The zero-order valence-corrected chi connectivity index (χ0v) is 23.4. The molecule has 0 bridgehead atoms. The van der Waals surface area contributed by atoms with Crippen LogP contribution in [0.2, 0.25) is 0 Å². The summed E-state index contributed by atoms with van der Waals surface area (Å²) in [7, 11) is 0. The molecule has 0 saturated carbocycles. The van der Waals surface area contributed by atoms with Gasteiger partial charge in [-0.05, 0) is 54.9 Å². The summed E-state index contributed by atoms with van der Waals surface area (Å²) in [6.45, 7) is 3.78. The van der Waals surface area contributed by atoms with Gasteiger partial charge in [0, 0.05) is 13.0 Å². The van der Waals surface area contributed by atoms with E-state index in [1.54, 1.807) is 26.0 Å². The summed E-state index contributed by atoms with van der Waals surface area (Å²) in [5.41, 5.74) is 17.2. The van der Waals surface area contributed by atoms with Crippen LogP contribution in [-0.2, 0) is 25.6 Å². The van der Waals surface area contributed by atoms with Crippen LogP contribution in [0.25, 0.3) is 0 Å². The number of amides is 3. The van der Waals surface area contributed by atoms with Gasteiger partial charge in [0.15, 0.2) is 5.96 Å². The molecule has 11 N–H and O–H groups in total. The highest BCUT2D eigenvalue weighted by Crippen LogP contribution is 2.12. The number of carbonyl (C=O) groups is 4. The molecule has 218 valence electrons. The number of aliphatic carboxylic acids is 1. The van der Waals surface area contributed by atoms with E-state index in [9.17, 15) is 29.4 Å². The predicted molar refractivity (Wildman–Crippen MR) is 151 cm³/mol. The minimum absolute atomic E-state index is 0.0267. The van der Waals surface area contributed by atoms with Crippen molar-refractivity contribution in [1.29, 1.82) is 0 Å². The average molecular weight is 568 g/mol. The second kappa shape index (κ2) is 17.1. The summed E-state index contributed by atoms with van der Waals surface area (Å²) in [5, 5.41) is 26.9. The molecule has 0 spiro atoms. The first-order valence-electron chi connectivity index (χ1n) is 12.6. The van der Waals surface area contributed by atoms with Crippen molar-refractivity contribution in [3.05, 3.63) is 29.8 Å². The van der Waals surface area contributed by atoms with Gasteiger partial charge < -0.3 is 43.4 Å². The maximum Gasteiger partial charge on any atom is 0.326 e. The number of nitrogens with one attached hydrogen (secondary N) is 3. The molecule has 1 aromatic carbocycles. The Hall–Kier alpha value is -3.52. The van der Waals surface area contributed by atoms with Crippen molar-refractivity contribution in [2.45, 2.75) is 63.7 Å². The van der Waals surface area contributed by atoms with Crippen molar-refractivity contribution in [2.24, 2.45) is 28.1 Å². The van der Waals surface area contributed by atoms with E-state index in [-0.39, 0.29) is 43.4 Å². The first-order chi connectivity index (χ1) is 18.3. The number of phenolic OH excluding ortho intramolecular Hbond substituents is 1. The number of thioether (sulfide) groups is 1. The van der Waals surface area contributed by atoms with E-state index in [0.717, 1.165) is 0 Å². The van der Waals surface area contributed by atoms with Crippen LogP contribution in [0.4, 0.5) is 0 Å². The molecule has 0 fully saturated rings. The molecule has 0 saturated heterocycles. The Kier molecular flexibility index (Phi) is 14.7. The highest BCUT2D eigenvalue weighted by molar-refractivity contribution is 7.98. The first kappa shape index (κ1) is 33.5. The van der Waals surface area contributed by atoms with Gasteiger partial charge in [0.05, 0.1) is 6.04 Å². The van der Waals surface area contributed by atoms with Gasteiger partial charge in [-0.3, -0.25) is 19.4 Å². The molecule has 13 nitrogen and oxygen atoms in total. The Bertz CT molecular complexity index is 986. The zero-order valence-electron chi connectivity index (χ0n) is 22.6. The number of carboxylic acid groups (broad SMARTS) is 1. The van der Waals surface area contributed by atoms with Crippen molar-refractivity contribution in [2.75, 3.05) is 18.6 Å². The highest BCUT2D eigenvalue weighted by atomic mass is 32.2. The molecule has 0 aromatic heterocycles. The molecule has 4 atom stereocenters.